The van der Waals surface area contributed by atoms with Gasteiger partial charge < -0.3 is 9.84 Å². The summed E-state index contributed by atoms with van der Waals surface area (Å²) in [4.78, 5) is 23.1. The van der Waals surface area contributed by atoms with Gasteiger partial charge in [0.2, 0.25) is 0 Å². The standard InChI is InChI=1S/C30H58O4/c1-3-5-7-9-11-13-15-17-20-24-28(25-21-19-22-26-29(31)32)34-30(33)27-23-18-16-14-12-10-8-6-4-2/h28H,3-27H2,1-2H3,(H,31,32). The number of ether oxygens (including phenoxy) is 1. The fourth-order valence-corrected chi connectivity index (χ4v) is 4.59. The number of carbonyl (C=O) groups is 2. The maximum atomic E-state index is 12.4. The van der Waals surface area contributed by atoms with Crippen LogP contribution in [0.3, 0.4) is 0 Å². The highest BCUT2D eigenvalue weighted by Crippen LogP contribution is 2.18. The fourth-order valence-electron chi connectivity index (χ4n) is 4.59. The third kappa shape index (κ3) is 25.6. The highest BCUT2D eigenvalue weighted by molar-refractivity contribution is 5.69. The normalized spacial score (nSPS) is 12.1. The molecule has 0 saturated heterocycles. The van der Waals surface area contributed by atoms with Crippen LogP contribution in [0.15, 0.2) is 0 Å². The van der Waals surface area contributed by atoms with Gasteiger partial charge in [0.05, 0.1) is 0 Å². The quantitative estimate of drug-likeness (QED) is 0.0934. The molecule has 0 aromatic carbocycles. The Kier molecular flexibility index (Phi) is 25.7. The maximum absolute atomic E-state index is 12.4. The second kappa shape index (κ2) is 26.5. The van der Waals surface area contributed by atoms with Gasteiger partial charge in [-0.3, -0.25) is 9.59 Å². The van der Waals surface area contributed by atoms with E-state index in [-0.39, 0.29) is 18.5 Å². The minimum atomic E-state index is -0.723. The van der Waals surface area contributed by atoms with Crippen LogP contribution in [-0.4, -0.2) is 23.1 Å². The topological polar surface area (TPSA) is 63.6 Å². The summed E-state index contributed by atoms with van der Waals surface area (Å²) >= 11 is 0. The van der Waals surface area contributed by atoms with Gasteiger partial charge in [0.25, 0.3) is 0 Å². The van der Waals surface area contributed by atoms with E-state index in [2.05, 4.69) is 13.8 Å². The molecule has 0 fully saturated rings. The Bertz CT molecular complexity index is 449. The molecule has 0 bridgehead atoms. The van der Waals surface area contributed by atoms with E-state index in [4.69, 9.17) is 9.84 Å². The summed E-state index contributed by atoms with van der Waals surface area (Å²) in [7, 11) is 0. The lowest BCUT2D eigenvalue weighted by Crippen LogP contribution is -2.18. The first-order chi connectivity index (χ1) is 16.6. The monoisotopic (exact) mass is 482 g/mol. The molecule has 0 aliphatic heterocycles. The van der Waals surface area contributed by atoms with Gasteiger partial charge in [-0.25, -0.2) is 0 Å². The molecule has 0 aliphatic carbocycles. The van der Waals surface area contributed by atoms with E-state index in [9.17, 15) is 9.59 Å². The van der Waals surface area contributed by atoms with Crippen molar-refractivity contribution in [3.05, 3.63) is 0 Å². The lowest BCUT2D eigenvalue weighted by Gasteiger charge is -2.18. The molecule has 0 saturated carbocycles. The van der Waals surface area contributed by atoms with Gasteiger partial charge in [0.15, 0.2) is 0 Å². The summed E-state index contributed by atoms with van der Waals surface area (Å²) in [6, 6.07) is 0. The Morgan fingerprint density at radius 1 is 0.529 bits per heavy atom. The Hall–Kier alpha value is -1.06. The van der Waals surface area contributed by atoms with Crippen LogP contribution < -0.4 is 0 Å². The lowest BCUT2D eigenvalue weighted by molar-refractivity contribution is -0.150. The van der Waals surface area contributed by atoms with E-state index in [1.807, 2.05) is 0 Å². The van der Waals surface area contributed by atoms with Crippen LogP contribution in [0.2, 0.25) is 0 Å². The van der Waals surface area contributed by atoms with Crippen LogP contribution in [-0.2, 0) is 14.3 Å². The number of hydrogen-bond donors (Lipinski definition) is 1. The van der Waals surface area contributed by atoms with Gasteiger partial charge in [-0.05, 0) is 38.5 Å². The molecule has 4 heteroatoms. The van der Waals surface area contributed by atoms with Crippen LogP contribution in [0, 0.1) is 0 Å². The summed E-state index contributed by atoms with van der Waals surface area (Å²) in [5.41, 5.74) is 0. The predicted octanol–water partition coefficient (Wildman–Crippen LogP) is 9.78. The van der Waals surface area contributed by atoms with Crippen molar-refractivity contribution in [2.75, 3.05) is 0 Å². The smallest absolute Gasteiger partial charge is 0.306 e. The van der Waals surface area contributed by atoms with Crippen molar-refractivity contribution in [3.63, 3.8) is 0 Å². The van der Waals surface area contributed by atoms with Gasteiger partial charge >= 0.3 is 11.9 Å². The molecular weight excluding hydrogens is 424 g/mol. The first-order valence-electron chi connectivity index (χ1n) is 15.0. The van der Waals surface area contributed by atoms with Crippen molar-refractivity contribution in [1.82, 2.24) is 0 Å². The SMILES string of the molecule is CCCCCCCCCCCC(=O)OC(CCCCCCCCCCC)CCCCCC(=O)O. The summed E-state index contributed by atoms with van der Waals surface area (Å²) in [5.74, 6) is -0.756. The molecule has 0 rings (SSSR count). The van der Waals surface area contributed by atoms with Crippen molar-refractivity contribution < 1.29 is 19.4 Å². The van der Waals surface area contributed by atoms with E-state index in [0.717, 1.165) is 44.9 Å². The Labute approximate surface area is 212 Å². The third-order valence-corrected chi connectivity index (χ3v) is 6.83. The van der Waals surface area contributed by atoms with E-state index in [0.29, 0.717) is 12.8 Å². The number of hydrogen-bond acceptors (Lipinski definition) is 3. The number of unbranched alkanes of at least 4 members (excludes halogenated alkanes) is 18. The van der Waals surface area contributed by atoms with Crippen LogP contribution in [0.4, 0.5) is 0 Å². The molecule has 0 aliphatic rings. The molecule has 34 heavy (non-hydrogen) atoms. The fraction of sp³-hybridized carbons (Fsp3) is 0.933. The average molecular weight is 483 g/mol. The molecule has 0 amide bonds. The minimum Gasteiger partial charge on any atom is -0.481 e. The lowest BCUT2D eigenvalue weighted by atomic mass is 10.0. The summed E-state index contributed by atoms with van der Waals surface area (Å²) in [6.45, 7) is 4.51. The van der Waals surface area contributed by atoms with Crippen molar-refractivity contribution in [2.45, 2.75) is 180 Å². The number of carboxylic acids is 1. The van der Waals surface area contributed by atoms with Gasteiger partial charge in [0.1, 0.15) is 6.10 Å². The zero-order valence-corrected chi connectivity index (χ0v) is 22.9. The molecule has 0 aromatic heterocycles. The molecule has 0 aromatic rings. The van der Waals surface area contributed by atoms with Crippen molar-refractivity contribution in [1.29, 1.82) is 0 Å². The van der Waals surface area contributed by atoms with Crippen LogP contribution >= 0.6 is 0 Å². The Morgan fingerprint density at radius 2 is 0.882 bits per heavy atom. The highest BCUT2D eigenvalue weighted by atomic mass is 16.5. The van der Waals surface area contributed by atoms with Gasteiger partial charge in [-0.2, -0.15) is 0 Å². The summed E-state index contributed by atoms with van der Waals surface area (Å²) in [6.07, 6.45) is 28.1. The molecule has 0 radical (unpaired) electrons. The molecule has 0 heterocycles. The van der Waals surface area contributed by atoms with Crippen LogP contribution in [0.25, 0.3) is 0 Å². The van der Waals surface area contributed by atoms with E-state index < -0.39 is 5.97 Å². The average Bonchev–Trinajstić information content (AvgIpc) is 2.81. The molecule has 1 unspecified atom stereocenters. The number of carbonyl (C=O) groups excluding carboxylic acids is 1. The first-order valence-corrected chi connectivity index (χ1v) is 15.0. The number of carboxylic acid groups (broad SMARTS) is 1. The second-order valence-corrected chi connectivity index (χ2v) is 10.3. The van der Waals surface area contributed by atoms with Gasteiger partial charge in [0, 0.05) is 12.8 Å². The minimum absolute atomic E-state index is 0.0143. The number of aliphatic carboxylic acids is 1. The third-order valence-electron chi connectivity index (χ3n) is 6.83. The van der Waals surface area contributed by atoms with Crippen molar-refractivity contribution >= 4 is 11.9 Å². The molecule has 0 spiro atoms. The predicted molar refractivity (Wildman–Crippen MR) is 144 cm³/mol. The van der Waals surface area contributed by atoms with Crippen molar-refractivity contribution in [2.24, 2.45) is 0 Å². The van der Waals surface area contributed by atoms with Gasteiger partial charge in [-0.1, -0.05) is 123 Å². The largest absolute Gasteiger partial charge is 0.481 e. The zero-order chi connectivity index (χ0) is 25.1. The Morgan fingerprint density at radius 3 is 1.32 bits per heavy atom. The molecular formula is C30H58O4. The van der Waals surface area contributed by atoms with E-state index >= 15 is 0 Å². The molecule has 202 valence electrons. The second-order valence-electron chi connectivity index (χ2n) is 10.3. The molecule has 1 atom stereocenters. The number of rotatable bonds is 27. The molecule has 1 N–H and O–H groups in total. The van der Waals surface area contributed by atoms with Crippen LogP contribution in [0.5, 0.6) is 0 Å². The molecule has 4 nitrogen and oxygen atoms in total. The highest BCUT2D eigenvalue weighted by Gasteiger charge is 2.14. The first kappa shape index (κ1) is 32.9. The Balaban J connectivity index is 4.00. The van der Waals surface area contributed by atoms with E-state index in [1.54, 1.807) is 0 Å². The summed E-state index contributed by atoms with van der Waals surface area (Å²) in [5, 5.41) is 8.80. The van der Waals surface area contributed by atoms with Crippen molar-refractivity contribution in [3.8, 4) is 0 Å². The summed E-state index contributed by atoms with van der Waals surface area (Å²) < 4.78 is 5.87. The number of esters is 1. The van der Waals surface area contributed by atoms with E-state index in [1.165, 1.54) is 96.3 Å². The van der Waals surface area contributed by atoms with Crippen LogP contribution in [0.1, 0.15) is 174 Å². The zero-order valence-electron chi connectivity index (χ0n) is 22.9. The van der Waals surface area contributed by atoms with Gasteiger partial charge in [-0.15, -0.1) is 0 Å². The maximum Gasteiger partial charge on any atom is 0.306 e.